The standard InChI is InChI=1S/C21H20Cl2N4O4/c22-15-7-5-8-16(19(15)23)25-20(29)21(30)26-24-12-14-6-1-2-9-17(14)31-13-18(28)27-10-3-4-11-27/h1-2,5-9,12H,3-4,10-11,13H2,(H,25,29)(H,26,30)/b24-12-. The number of hydrogen-bond acceptors (Lipinski definition) is 5. The average Bonchev–Trinajstić information content (AvgIpc) is 3.31. The molecule has 2 aromatic rings. The number of ether oxygens (including phenoxy) is 1. The van der Waals surface area contributed by atoms with Crippen molar-refractivity contribution >= 4 is 52.8 Å². The van der Waals surface area contributed by atoms with Crippen LogP contribution in [0.1, 0.15) is 18.4 Å². The maximum absolute atomic E-state index is 12.2. The van der Waals surface area contributed by atoms with E-state index in [4.69, 9.17) is 27.9 Å². The van der Waals surface area contributed by atoms with E-state index in [1.165, 1.54) is 12.3 Å². The zero-order valence-corrected chi connectivity index (χ0v) is 17.9. The number of para-hydroxylation sites is 1. The number of nitrogens with one attached hydrogen (secondary N) is 2. The van der Waals surface area contributed by atoms with E-state index >= 15 is 0 Å². The van der Waals surface area contributed by atoms with E-state index in [1.807, 2.05) is 0 Å². The van der Waals surface area contributed by atoms with Crippen molar-refractivity contribution in [2.24, 2.45) is 5.10 Å². The van der Waals surface area contributed by atoms with Crippen LogP contribution < -0.4 is 15.5 Å². The van der Waals surface area contributed by atoms with Crippen LogP contribution in [0.4, 0.5) is 5.69 Å². The number of rotatable bonds is 6. The molecule has 3 amide bonds. The third-order valence-corrected chi connectivity index (χ3v) is 5.32. The van der Waals surface area contributed by atoms with Crippen LogP contribution >= 0.6 is 23.2 Å². The molecule has 0 spiro atoms. The molecule has 1 heterocycles. The van der Waals surface area contributed by atoms with Crippen molar-refractivity contribution in [2.75, 3.05) is 25.0 Å². The van der Waals surface area contributed by atoms with Crippen molar-refractivity contribution in [3.63, 3.8) is 0 Å². The fourth-order valence-corrected chi connectivity index (χ4v) is 3.25. The predicted octanol–water partition coefficient (Wildman–Crippen LogP) is 3.08. The van der Waals surface area contributed by atoms with Gasteiger partial charge in [-0.15, -0.1) is 0 Å². The second kappa shape index (κ2) is 10.8. The molecule has 1 aliphatic rings. The largest absolute Gasteiger partial charge is 0.483 e. The summed E-state index contributed by atoms with van der Waals surface area (Å²) in [6.45, 7) is 1.42. The summed E-state index contributed by atoms with van der Waals surface area (Å²) >= 11 is 11.9. The Kier molecular flexibility index (Phi) is 7.86. The first-order valence-electron chi connectivity index (χ1n) is 9.53. The molecule has 0 bridgehead atoms. The van der Waals surface area contributed by atoms with E-state index in [0.29, 0.717) is 11.3 Å². The summed E-state index contributed by atoms with van der Waals surface area (Å²) in [7, 11) is 0. The number of benzene rings is 2. The average molecular weight is 463 g/mol. The Morgan fingerprint density at radius 2 is 1.77 bits per heavy atom. The molecule has 162 valence electrons. The van der Waals surface area contributed by atoms with Crippen molar-refractivity contribution in [2.45, 2.75) is 12.8 Å². The van der Waals surface area contributed by atoms with Gasteiger partial charge in [-0.1, -0.05) is 41.4 Å². The predicted molar refractivity (Wildman–Crippen MR) is 119 cm³/mol. The topological polar surface area (TPSA) is 100 Å². The van der Waals surface area contributed by atoms with Crippen LogP contribution in [-0.2, 0) is 14.4 Å². The summed E-state index contributed by atoms with van der Waals surface area (Å²) in [6, 6.07) is 11.6. The lowest BCUT2D eigenvalue weighted by Gasteiger charge is -2.16. The first-order chi connectivity index (χ1) is 15.0. The monoisotopic (exact) mass is 462 g/mol. The molecule has 1 saturated heterocycles. The van der Waals surface area contributed by atoms with E-state index in [-0.39, 0.29) is 28.2 Å². The van der Waals surface area contributed by atoms with E-state index in [9.17, 15) is 14.4 Å². The minimum absolute atomic E-state index is 0.0751. The van der Waals surface area contributed by atoms with Crippen LogP contribution in [0.25, 0.3) is 0 Å². The number of anilines is 1. The van der Waals surface area contributed by atoms with E-state index < -0.39 is 11.8 Å². The molecule has 0 radical (unpaired) electrons. The molecular formula is C21H20Cl2N4O4. The fourth-order valence-electron chi connectivity index (χ4n) is 2.91. The highest BCUT2D eigenvalue weighted by atomic mass is 35.5. The third kappa shape index (κ3) is 6.19. The van der Waals surface area contributed by atoms with Crippen molar-refractivity contribution in [3.05, 3.63) is 58.1 Å². The number of hydrazone groups is 1. The maximum Gasteiger partial charge on any atom is 0.329 e. The van der Waals surface area contributed by atoms with Gasteiger partial charge in [0, 0.05) is 18.7 Å². The highest BCUT2D eigenvalue weighted by Crippen LogP contribution is 2.29. The molecule has 2 N–H and O–H groups in total. The lowest BCUT2D eigenvalue weighted by atomic mass is 10.2. The number of halogens is 2. The van der Waals surface area contributed by atoms with Crippen LogP contribution in [0.2, 0.25) is 10.0 Å². The number of carbonyl (C=O) groups is 3. The van der Waals surface area contributed by atoms with Crippen molar-refractivity contribution in [3.8, 4) is 5.75 Å². The highest BCUT2D eigenvalue weighted by Gasteiger charge is 2.19. The second-order valence-electron chi connectivity index (χ2n) is 6.67. The van der Waals surface area contributed by atoms with Gasteiger partial charge >= 0.3 is 11.8 Å². The van der Waals surface area contributed by atoms with Gasteiger partial charge in [0.1, 0.15) is 5.75 Å². The smallest absolute Gasteiger partial charge is 0.329 e. The molecule has 8 nitrogen and oxygen atoms in total. The van der Waals surface area contributed by atoms with Crippen molar-refractivity contribution in [1.29, 1.82) is 0 Å². The van der Waals surface area contributed by atoms with Crippen molar-refractivity contribution < 1.29 is 19.1 Å². The van der Waals surface area contributed by atoms with Gasteiger partial charge in [-0.3, -0.25) is 14.4 Å². The normalized spacial score (nSPS) is 13.3. The van der Waals surface area contributed by atoms with Gasteiger partial charge in [0.25, 0.3) is 5.91 Å². The molecule has 31 heavy (non-hydrogen) atoms. The molecular weight excluding hydrogens is 443 g/mol. The Morgan fingerprint density at radius 1 is 1.03 bits per heavy atom. The van der Waals surface area contributed by atoms with Gasteiger partial charge in [-0.25, -0.2) is 5.43 Å². The van der Waals surface area contributed by atoms with Crippen LogP contribution in [-0.4, -0.2) is 48.5 Å². The van der Waals surface area contributed by atoms with Crippen LogP contribution in [0.15, 0.2) is 47.6 Å². The summed E-state index contributed by atoms with van der Waals surface area (Å²) < 4.78 is 5.62. The maximum atomic E-state index is 12.2. The number of likely N-dealkylation sites (tertiary alicyclic amines) is 1. The summed E-state index contributed by atoms with van der Waals surface area (Å²) in [5, 5.41) is 6.53. The Bertz CT molecular complexity index is 1010. The van der Waals surface area contributed by atoms with E-state index in [2.05, 4.69) is 15.8 Å². The van der Waals surface area contributed by atoms with Gasteiger partial charge in [0.15, 0.2) is 6.61 Å². The summed E-state index contributed by atoms with van der Waals surface area (Å²) in [6.07, 6.45) is 3.34. The minimum atomic E-state index is -0.991. The van der Waals surface area contributed by atoms with E-state index in [0.717, 1.165) is 25.9 Å². The van der Waals surface area contributed by atoms with Crippen LogP contribution in [0.3, 0.4) is 0 Å². The quantitative estimate of drug-likeness (QED) is 0.391. The summed E-state index contributed by atoms with van der Waals surface area (Å²) in [5.74, 6) is -1.59. The Morgan fingerprint density at radius 3 is 2.55 bits per heavy atom. The highest BCUT2D eigenvalue weighted by molar-refractivity contribution is 6.45. The van der Waals surface area contributed by atoms with Gasteiger partial charge in [0.2, 0.25) is 0 Å². The molecule has 0 unspecified atom stereocenters. The molecule has 10 heteroatoms. The minimum Gasteiger partial charge on any atom is -0.483 e. The number of nitrogens with zero attached hydrogens (tertiary/aromatic N) is 2. The summed E-state index contributed by atoms with van der Waals surface area (Å²) in [5.41, 5.74) is 2.88. The number of carbonyl (C=O) groups excluding carboxylic acids is 3. The van der Waals surface area contributed by atoms with Gasteiger partial charge in [-0.2, -0.15) is 5.10 Å². The number of amides is 3. The Labute approximate surface area is 189 Å². The van der Waals surface area contributed by atoms with Gasteiger partial charge in [0.05, 0.1) is 21.9 Å². The first kappa shape index (κ1) is 22.6. The molecule has 0 aliphatic carbocycles. The number of hydrogen-bond donors (Lipinski definition) is 2. The van der Waals surface area contributed by atoms with Gasteiger partial charge in [-0.05, 0) is 37.1 Å². The molecule has 0 saturated carbocycles. The lowest BCUT2D eigenvalue weighted by molar-refractivity contribution is -0.136. The Balaban J connectivity index is 1.55. The molecule has 1 fully saturated rings. The van der Waals surface area contributed by atoms with Gasteiger partial charge < -0.3 is 15.0 Å². The van der Waals surface area contributed by atoms with Crippen LogP contribution in [0, 0.1) is 0 Å². The SMILES string of the molecule is O=C(N/N=C\c1ccccc1OCC(=O)N1CCCC1)C(=O)Nc1cccc(Cl)c1Cl. The molecule has 0 aromatic heterocycles. The molecule has 3 rings (SSSR count). The Hall–Kier alpha value is -3.10. The zero-order valence-electron chi connectivity index (χ0n) is 16.4. The molecule has 1 aliphatic heterocycles. The van der Waals surface area contributed by atoms with E-state index in [1.54, 1.807) is 41.3 Å². The first-order valence-corrected chi connectivity index (χ1v) is 10.3. The zero-order chi connectivity index (χ0) is 22.2. The summed E-state index contributed by atoms with van der Waals surface area (Å²) in [4.78, 5) is 37.9. The molecule has 0 atom stereocenters. The molecule has 2 aromatic carbocycles. The second-order valence-corrected chi connectivity index (χ2v) is 7.45. The lowest BCUT2D eigenvalue weighted by Crippen LogP contribution is -2.32. The van der Waals surface area contributed by atoms with Crippen LogP contribution in [0.5, 0.6) is 5.75 Å². The third-order valence-electron chi connectivity index (χ3n) is 4.50. The van der Waals surface area contributed by atoms with Crippen molar-refractivity contribution in [1.82, 2.24) is 10.3 Å². The fraction of sp³-hybridized carbons (Fsp3) is 0.238.